The van der Waals surface area contributed by atoms with E-state index in [4.69, 9.17) is 5.73 Å². The number of anilines is 1. The Morgan fingerprint density at radius 1 is 1.37 bits per heavy atom. The van der Waals surface area contributed by atoms with E-state index in [0.717, 1.165) is 5.56 Å². The highest BCUT2D eigenvalue weighted by atomic mass is 127. The summed E-state index contributed by atoms with van der Waals surface area (Å²) in [5.74, 6) is -0.395. The third-order valence-electron chi connectivity index (χ3n) is 3.54. The molecule has 1 aromatic heterocycles. The third kappa shape index (κ3) is 7.25. The van der Waals surface area contributed by atoms with Crippen molar-refractivity contribution >= 4 is 35.6 Å². The van der Waals surface area contributed by atoms with Crippen LogP contribution in [0, 0.1) is 0 Å². The molecule has 7 nitrogen and oxygen atoms in total. The summed E-state index contributed by atoms with van der Waals surface area (Å²) in [6.45, 7) is 0.305. The van der Waals surface area contributed by atoms with Crippen molar-refractivity contribution in [3.05, 3.63) is 42.2 Å². The van der Waals surface area contributed by atoms with Gasteiger partial charge in [0.2, 0.25) is 0 Å². The molecule has 2 rings (SSSR count). The minimum absolute atomic E-state index is 0. The zero-order valence-electron chi connectivity index (χ0n) is 15.1. The highest BCUT2D eigenvalue weighted by molar-refractivity contribution is 14.0. The van der Waals surface area contributed by atoms with Gasteiger partial charge in [-0.2, -0.15) is 5.10 Å². The minimum atomic E-state index is -4.79. The van der Waals surface area contributed by atoms with Gasteiger partial charge in [-0.05, 0) is 26.2 Å². The quantitative estimate of drug-likeness (QED) is 0.364. The topological polar surface area (TPSA) is 80.7 Å². The number of para-hydroxylation sites is 2. The monoisotopic (exact) mass is 498 g/mol. The van der Waals surface area contributed by atoms with Crippen molar-refractivity contribution in [3.63, 3.8) is 0 Å². The molecule has 27 heavy (non-hydrogen) atoms. The molecule has 0 bridgehead atoms. The molecule has 0 aliphatic heterocycles. The van der Waals surface area contributed by atoms with Crippen LogP contribution in [-0.4, -0.2) is 47.6 Å². The van der Waals surface area contributed by atoms with Gasteiger partial charge in [0, 0.05) is 18.8 Å². The first-order chi connectivity index (χ1) is 12.2. The van der Waals surface area contributed by atoms with E-state index >= 15 is 0 Å². The maximum Gasteiger partial charge on any atom is 0.573 e. The number of aliphatic imine (C=N–C) groups is 1. The number of likely N-dealkylation sites (N-methyl/N-ethyl adjacent to an activating group) is 1. The molecule has 1 atom stereocenters. The number of nitrogens with one attached hydrogen (secondary N) is 1. The van der Waals surface area contributed by atoms with Gasteiger partial charge in [-0.1, -0.05) is 12.1 Å². The zero-order chi connectivity index (χ0) is 19.3. The van der Waals surface area contributed by atoms with E-state index in [1.54, 1.807) is 16.9 Å². The van der Waals surface area contributed by atoms with Gasteiger partial charge in [0.25, 0.3) is 0 Å². The van der Waals surface area contributed by atoms with Crippen molar-refractivity contribution in [2.24, 2.45) is 17.8 Å². The molecule has 0 fully saturated rings. The SMILES string of the molecule is CN(C)C(CN=C(N)Nc1ccccc1OC(F)(F)F)c1cnn(C)c1.I. The van der Waals surface area contributed by atoms with Crippen LogP contribution in [0.5, 0.6) is 5.75 Å². The number of halogens is 4. The second-order valence-corrected chi connectivity index (χ2v) is 5.82. The van der Waals surface area contributed by atoms with E-state index in [-0.39, 0.29) is 47.4 Å². The summed E-state index contributed by atoms with van der Waals surface area (Å²) in [6, 6.07) is 5.54. The molecule has 2 aromatic rings. The van der Waals surface area contributed by atoms with Crippen LogP contribution in [0.2, 0.25) is 0 Å². The Balaban J connectivity index is 0.00000364. The van der Waals surface area contributed by atoms with Gasteiger partial charge >= 0.3 is 6.36 Å². The van der Waals surface area contributed by atoms with Gasteiger partial charge in [0.15, 0.2) is 11.7 Å². The molecule has 3 N–H and O–H groups in total. The van der Waals surface area contributed by atoms with E-state index in [1.165, 1.54) is 18.2 Å². The fourth-order valence-electron chi connectivity index (χ4n) is 2.32. The Hall–Kier alpha value is -2.02. The summed E-state index contributed by atoms with van der Waals surface area (Å²) in [7, 11) is 5.60. The number of guanidine groups is 1. The second kappa shape index (κ2) is 9.78. The molecular weight excluding hydrogens is 476 g/mol. The number of ether oxygens (including phenoxy) is 1. The summed E-state index contributed by atoms with van der Waals surface area (Å²) in [5.41, 5.74) is 6.86. The molecule has 0 saturated heterocycles. The molecule has 11 heteroatoms. The fraction of sp³-hybridized carbons (Fsp3) is 0.375. The predicted molar refractivity (Wildman–Crippen MR) is 108 cm³/mol. The molecule has 0 saturated carbocycles. The molecular formula is C16H22F3IN6O. The second-order valence-electron chi connectivity index (χ2n) is 5.82. The summed E-state index contributed by atoms with van der Waals surface area (Å²) in [6.07, 6.45) is -1.19. The van der Waals surface area contributed by atoms with Crippen molar-refractivity contribution in [1.82, 2.24) is 14.7 Å². The Labute approximate surface area is 172 Å². The molecule has 1 aromatic carbocycles. The molecule has 0 aliphatic carbocycles. The van der Waals surface area contributed by atoms with Crippen LogP contribution in [0.3, 0.4) is 0 Å². The maximum absolute atomic E-state index is 12.5. The van der Waals surface area contributed by atoms with Crippen molar-refractivity contribution in [1.29, 1.82) is 0 Å². The Morgan fingerprint density at radius 2 is 2.04 bits per heavy atom. The number of rotatable bonds is 6. The number of alkyl halides is 3. The van der Waals surface area contributed by atoms with E-state index in [9.17, 15) is 13.2 Å². The molecule has 0 aliphatic rings. The molecule has 1 unspecified atom stereocenters. The molecule has 0 spiro atoms. The maximum atomic E-state index is 12.5. The Bertz CT molecular complexity index is 763. The van der Waals surface area contributed by atoms with Crippen LogP contribution >= 0.6 is 24.0 Å². The van der Waals surface area contributed by atoms with Crippen molar-refractivity contribution in [3.8, 4) is 5.75 Å². The minimum Gasteiger partial charge on any atom is -0.404 e. The first kappa shape index (κ1) is 23.0. The molecule has 1 heterocycles. The third-order valence-corrected chi connectivity index (χ3v) is 3.54. The number of nitrogens with two attached hydrogens (primary N) is 1. The number of nitrogens with zero attached hydrogens (tertiary/aromatic N) is 4. The van der Waals surface area contributed by atoms with Crippen LogP contribution in [0.4, 0.5) is 18.9 Å². The average Bonchev–Trinajstić information content (AvgIpc) is 2.94. The van der Waals surface area contributed by atoms with Gasteiger partial charge in [0.1, 0.15) is 0 Å². The highest BCUT2D eigenvalue weighted by Crippen LogP contribution is 2.29. The predicted octanol–water partition coefficient (Wildman–Crippen LogP) is 2.97. The first-order valence-corrected chi connectivity index (χ1v) is 7.72. The standard InChI is InChI=1S/C16H21F3N6O.HI/c1-24(2)13(11-8-22-25(3)10-11)9-21-15(20)23-12-6-4-5-7-14(12)26-16(17,18)19;/h4-8,10,13H,9H2,1-3H3,(H3,20,21,23);1H. The van der Waals surface area contributed by atoms with Crippen molar-refractivity contribution < 1.29 is 17.9 Å². The van der Waals surface area contributed by atoms with Gasteiger partial charge in [-0.3, -0.25) is 9.67 Å². The molecule has 0 radical (unpaired) electrons. The lowest BCUT2D eigenvalue weighted by Crippen LogP contribution is -2.27. The van der Waals surface area contributed by atoms with E-state index in [1.807, 2.05) is 32.2 Å². The fourth-order valence-corrected chi connectivity index (χ4v) is 2.32. The Kier molecular flexibility index (Phi) is 8.34. The smallest absolute Gasteiger partial charge is 0.404 e. The summed E-state index contributed by atoms with van der Waals surface area (Å²) < 4.78 is 43.1. The molecule has 0 amide bonds. The lowest BCUT2D eigenvalue weighted by molar-refractivity contribution is -0.274. The summed E-state index contributed by atoms with van der Waals surface area (Å²) in [4.78, 5) is 6.18. The van der Waals surface area contributed by atoms with Gasteiger partial charge in [-0.15, -0.1) is 37.1 Å². The average molecular weight is 498 g/mol. The van der Waals surface area contributed by atoms with Crippen LogP contribution in [0.15, 0.2) is 41.7 Å². The van der Waals surface area contributed by atoms with E-state index in [2.05, 4.69) is 20.1 Å². The van der Waals surface area contributed by atoms with Crippen LogP contribution in [0.1, 0.15) is 11.6 Å². The van der Waals surface area contributed by atoms with Crippen molar-refractivity contribution in [2.45, 2.75) is 12.4 Å². The summed E-state index contributed by atoms with van der Waals surface area (Å²) in [5, 5.41) is 6.78. The lowest BCUT2D eigenvalue weighted by atomic mass is 10.1. The zero-order valence-corrected chi connectivity index (χ0v) is 17.4. The number of aryl methyl sites for hydroxylation is 1. The van der Waals surface area contributed by atoms with Crippen molar-refractivity contribution in [2.75, 3.05) is 26.0 Å². The van der Waals surface area contributed by atoms with Crippen LogP contribution in [-0.2, 0) is 7.05 Å². The number of hydrogen-bond acceptors (Lipinski definition) is 4. The molecule has 150 valence electrons. The normalized spacial score (nSPS) is 13.2. The number of benzene rings is 1. The van der Waals surface area contributed by atoms with E-state index < -0.39 is 6.36 Å². The van der Waals surface area contributed by atoms with Gasteiger partial charge in [0.05, 0.1) is 24.5 Å². The van der Waals surface area contributed by atoms with Crippen LogP contribution < -0.4 is 15.8 Å². The highest BCUT2D eigenvalue weighted by Gasteiger charge is 2.32. The number of hydrogen-bond donors (Lipinski definition) is 2. The summed E-state index contributed by atoms with van der Waals surface area (Å²) >= 11 is 0. The largest absolute Gasteiger partial charge is 0.573 e. The van der Waals surface area contributed by atoms with Gasteiger partial charge in [-0.25, -0.2) is 0 Å². The Morgan fingerprint density at radius 3 is 2.59 bits per heavy atom. The van der Waals surface area contributed by atoms with Gasteiger partial charge < -0.3 is 20.7 Å². The van der Waals surface area contributed by atoms with E-state index in [0.29, 0.717) is 6.54 Å². The van der Waals surface area contributed by atoms with Crippen LogP contribution in [0.25, 0.3) is 0 Å². The first-order valence-electron chi connectivity index (χ1n) is 7.72. The number of aromatic nitrogens is 2. The lowest BCUT2D eigenvalue weighted by Gasteiger charge is -2.21.